The van der Waals surface area contributed by atoms with Crippen molar-refractivity contribution in [3.8, 4) is 11.4 Å². The van der Waals surface area contributed by atoms with Crippen molar-refractivity contribution < 1.29 is 9.63 Å². The predicted molar refractivity (Wildman–Crippen MR) is 115 cm³/mol. The van der Waals surface area contributed by atoms with E-state index in [1.54, 1.807) is 0 Å². The topological polar surface area (TPSA) is 71.5 Å². The molecule has 6 nitrogen and oxygen atoms in total. The van der Waals surface area contributed by atoms with E-state index in [2.05, 4.69) is 41.2 Å². The standard InChI is InChI=1S/C22H25N3O3S/c1-16-20(17-8-4-2-5-9-17)24(12-13-29-16)14-19(26)15-25-21(23-28-22(25)27)18-10-6-3-7-11-18/h2-11,16,19-20,26H,12-15H2,1H3. The van der Waals surface area contributed by atoms with E-state index >= 15 is 0 Å². The van der Waals surface area contributed by atoms with Crippen LogP contribution in [0.4, 0.5) is 0 Å². The van der Waals surface area contributed by atoms with Crippen molar-refractivity contribution in [2.75, 3.05) is 18.8 Å². The Kier molecular flexibility index (Phi) is 6.18. The largest absolute Gasteiger partial charge is 0.441 e. The molecule has 29 heavy (non-hydrogen) atoms. The van der Waals surface area contributed by atoms with Crippen LogP contribution in [0.1, 0.15) is 18.5 Å². The fraction of sp³-hybridized carbons (Fsp3) is 0.364. The molecule has 7 heteroatoms. The van der Waals surface area contributed by atoms with E-state index in [-0.39, 0.29) is 12.6 Å². The van der Waals surface area contributed by atoms with E-state index in [1.165, 1.54) is 10.1 Å². The van der Waals surface area contributed by atoms with Gasteiger partial charge in [0.1, 0.15) is 0 Å². The van der Waals surface area contributed by atoms with E-state index in [0.717, 1.165) is 17.9 Å². The summed E-state index contributed by atoms with van der Waals surface area (Å²) >= 11 is 1.96. The molecule has 0 saturated carbocycles. The third kappa shape index (κ3) is 4.47. The van der Waals surface area contributed by atoms with Gasteiger partial charge in [-0.2, -0.15) is 11.8 Å². The predicted octanol–water partition coefficient (Wildman–Crippen LogP) is 3.04. The molecule has 1 saturated heterocycles. The van der Waals surface area contributed by atoms with Crippen molar-refractivity contribution in [1.82, 2.24) is 14.6 Å². The van der Waals surface area contributed by atoms with Gasteiger partial charge < -0.3 is 5.11 Å². The van der Waals surface area contributed by atoms with Crippen molar-refractivity contribution in [2.45, 2.75) is 30.9 Å². The molecule has 1 fully saturated rings. The number of hydrogen-bond acceptors (Lipinski definition) is 6. The molecule has 1 aliphatic rings. The van der Waals surface area contributed by atoms with Crippen LogP contribution in [0.2, 0.25) is 0 Å². The van der Waals surface area contributed by atoms with Gasteiger partial charge in [0, 0.05) is 35.7 Å². The second-order valence-electron chi connectivity index (χ2n) is 7.33. The molecule has 4 rings (SSSR count). The van der Waals surface area contributed by atoms with Crippen molar-refractivity contribution in [3.05, 3.63) is 76.8 Å². The molecule has 3 unspecified atom stereocenters. The van der Waals surface area contributed by atoms with Crippen LogP contribution in [0.3, 0.4) is 0 Å². The Hall–Kier alpha value is -2.35. The van der Waals surface area contributed by atoms with E-state index in [4.69, 9.17) is 4.52 Å². The lowest BCUT2D eigenvalue weighted by Crippen LogP contribution is -2.45. The number of aromatic nitrogens is 2. The van der Waals surface area contributed by atoms with Gasteiger partial charge in [-0.1, -0.05) is 72.7 Å². The van der Waals surface area contributed by atoms with Crippen molar-refractivity contribution >= 4 is 11.8 Å². The number of nitrogens with zero attached hydrogens (tertiary/aromatic N) is 3. The summed E-state index contributed by atoms with van der Waals surface area (Å²) in [5.74, 6) is 0.918. The summed E-state index contributed by atoms with van der Waals surface area (Å²) in [6, 6.07) is 20.1. The molecule has 0 radical (unpaired) electrons. The molecule has 2 heterocycles. The third-order valence-electron chi connectivity index (χ3n) is 5.30. The van der Waals surface area contributed by atoms with Crippen LogP contribution in [0.25, 0.3) is 11.4 Å². The summed E-state index contributed by atoms with van der Waals surface area (Å²) in [6.45, 7) is 3.76. The van der Waals surface area contributed by atoms with E-state index in [0.29, 0.717) is 17.6 Å². The van der Waals surface area contributed by atoms with Gasteiger partial charge in [0.05, 0.1) is 12.6 Å². The monoisotopic (exact) mass is 411 g/mol. The summed E-state index contributed by atoms with van der Waals surface area (Å²) in [5, 5.41) is 15.2. The Morgan fingerprint density at radius 1 is 1.14 bits per heavy atom. The highest BCUT2D eigenvalue weighted by Gasteiger charge is 2.31. The molecular formula is C22H25N3O3S. The number of β-amino-alcohol motifs (C(OH)–C–C–N with tert-alkyl or cyclic N) is 1. The van der Waals surface area contributed by atoms with Gasteiger partial charge in [-0.15, -0.1) is 0 Å². The van der Waals surface area contributed by atoms with Gasteiger partial charge in [-0.25, -0.2) is 4.79 Å². The lowest BCUT2D eigenvalue weighted by molar-refractivity contribution is 0.0751. The molecule has 152 valence electrons. The van der Waals surface area contributed by atoms with Gasteiger partial charge in [0.15, 0.2) is 5.82 Å². The first kappa shape index (κ1) is 19.9. The Labute approximate surface area is 174 Å². The molecule has 0 aliphatic carbocycles. The molecular weight excluding hydrogens is 386 g/mol. The molecule has 0 bridgehead atoms. The van der Waals surface area contributed by atoms with Crippen LogP contribution in [-0.4, -0.2) is 49.9 Å². The quantitative estimate of drug-likeness (QED) is 0.672. The minimum absolute atomic E-state index is 0.145. The van der Waals surface area contributed by atoms with Crippen molar-refractivity contribution in [3.63, 3.8) is 0 Å². The normalized spacial score (nSPS) is 21.2. The number of aliphatic hydroxyl groups excluding tert-OH is 1. The minimum atomic E-state index is -0.712. The zero-order valence-electron chi connectivity index (χ0n) is 16.3. The smallest absolute Gasteiger partial charge is 0.390 e. The summed E-state index contributed by atoms with van der Waals surface area (Å²) < 4.78 is 6.29. The maximum absolute atomic E-state index is 12.2. The first-order valence-corrected chi connectivity index (χ1v) is 10.9. The highest BCUT2D eigenvalue weighted by molar-refractivity contribution is 8.00. The third-order valence-corrected chi connectivity index (χ3v) is 6.50. The Morgan fingerprint density at radius 2 is 1.83 bits per heavy atom. The summed E-state index contributed by atoms with van der Waals surface area (Å²) in [6.07, 6.45) is -0.712. The number of aliphatic hydroxyl groups is 1. The molecule has 1 aromatic heterocycles. The second-order valence-corrected chi connectivity index (χ2v) is 8.81. The zero-order chi connectivity index (χ0) is 20.2. The molecule has 3 aromatic rings. The first-order valence-electron chi connectivity index (χ1n) is 9.84. The van der Waals surface area contributed by atoms with Crippen LogP contribution in [0.5, 0.6) is 0 Å². The zero-order valence-corrected chi connectivity index (χ0v) is 17.2. The van der Waals surface area contributed by atoms with Gasteiger partial charge in [0.25, 0.3) is 0 Å². The average molecular weight is 412 g/mol. The lowest BCUT2D eigenvalue weighted by atomic mass is 10.0. The van der Waals surface area contributed by atoms with E-state index < -0.39 is 11.9 Å². The highest BCUT2D eigenvalue weighted by atomic mass is 32.2. The van der Waals surface area contributed by atoms with E-state index in [1.807, 2.05) is 48.2 Å². The summed E-state index contributed by atoms with van der Waals surface area (Å²) in [4.78, 5) is 14.5. The van der Waals surface area contributed by atoms with Crippen LogP contribution >= 0.6 is 11.8 Å². The van der Waals surface area contributed by atoms with Gasteiger partial charge in [-0.3, -0.25) is 14.0 Å². The second kappa shape index (κ2) is 8.98. The number of rotatable bonds is 6. The molecule has 1 aliphatic heterocycles. The Balaban J connectivity index is 1.52. The van der Waals surface area contributed by atoms with Gasteiger partial charge in [-0.05, 0) is 5.56 Å². The molecule has 0 amide bonds. The maximum atomic E-state index is 12.2. The van der Waals surface area contributed by atoms with Crippen LogP contribution in [0, 0.1) is 0 Å². The first-order chi connectivity index (χ1) is 14.1. The fourth-order valence-corrected chi connectivity index (χ4v) is 5.21. The molecule has 1 N–H and O–H groups in total. The Bertz CT molecular complexity index is 974. The summed E-state index contributed by atoms with van der Waals surface area (Å²) in [5.41, 5.74) is 2.04. The molecule has 0 spiro atoms. The average Bonchev–Trinajstić information content (AvgIpc) is 3.09. The van der Waals surface area contributed by atoms with Crippen molar-refractivity contribution in [1.29, 1.82) is 0 Å². The molecule has 3 atom stereocenters. The SMILES string of the molecule is CC1SCCN(CC(O)Cn2c(-c3ccccc3)noc2=O)C1c1ccccc1. The Morgan fingerprint density at radius 3 is 2.55 bits per heavy atom. The van der Waals surface area contributed by atoms with Crippen LogP contribution < -0.4 is 5.76 Å². The van der Waals surface area contributed by atoms with Gasteiger partial charge in [0.2, 0.25) is 0 Å². The molecule has 2 aromatic carbocycles. The lowest BCUT2D eigenvalue weighted by Gasteiger charge is -2.40. The fourth-order valence-electron chi connectivity index (χ4n) is 3.98. The van der Waals surface area contributed by atoms with E-state index in [9.17, 15) is 9.90 Å². The minimum Gasteiger partial charge on any atom is -0.390 e. The van der Waals surface area contributed by atoms with Gasteiger partial charge >= 0.3 is 5.76 Å². The van der Waals surface area contributed by atoms with Crippen LogP contribution in [0.15, 0.2) is 70.0 Å². The van der Waals surface area contributed by atoms with Crippen LogP contribution in [-0.2, 0) is 6.54 Å². The number of thioether (sulfide) groups is 1. The number of benzene rings is 2. The van der Waals surface area contributed by atoms with Crippen molar-refractivity contribution in [2.24, 2.45) is 0 Å². The maximum Gasteiger partial charge on any atom is 0.441 e. The number of hydrogen-bond donors (Lipinski definition) is 1. The highest BCUT2D eigenvalue weighted by Crippen LogP contribution is 2.36. The summed E-state index contributed by atoms with van der Waals surface area (Å²) in [7, 11) is 0.